The standard InChI is InChI=1S/C21H25NO4/c1-3-26-19-10-8-16(9-11-19)20(23)12-13-21(24)22-14-17-6-4-5-7-18(17)15-25-2/h4-11H,3,12-15H2,1-2H3,(H,22,24). The van der Waals surface area contributed by atoms with Crippen LogP contribution in [0, 0.1) is 0 Å². The van der Waals surface area contributed by atoms with Gasteiger partial charge in [-0.1, -0.05) is 24.3 Å². The summed E-state index contributed by atoms with van der Waals surface area (Å²) < 4.78 is 10.5. The van der Waals surface area contributed by atoms with Crippen LogP contribution in [0.15, 0.2) is 48.5 Å². The Morgan fingerprint density at radius 2 is 1.65 bits per heavy atom. The van der Waals surface area contributed by atoms with Crippen molar-refractivity contribution in [2.45, 2.75) is 32.9 Å². The van der Waals surface area contributed by atoms with E-state index < -0.39 is 0 Å². The minimum absolute atomic E-state index is 0.0528. The molecule has 0 unspecified atom stereocenters. The Bertz CT molecular complexity index is 725. The van der Waals surface area contributed by atoms with Crippen LogP contribution in [0.2, 0.25) is 0 Å². The molecule has 2 aromatic rings. The first-order chi connectivity index (χ1) is 12.6. The minimum atomic E-state index is -0.142. The lowest BCUT2D eigenvalue weighted by Gasteiger charge is -2.10. The molecule has 0 aromatic heterocycles. The Morgan fingerprint density at radius 3 is 2.31 bits per heavy atom. The number of methoxy groups -OCH3 is 1. The summed E-state index contributed by atoms with van der Waals surface area (Å²) >= 11 is 0. The van der Waals surface area contributed by atoms with Crippen molar-refractivity contribution in [3.05, 3.63) is 65.2 Å². The van der Waals surface area contributed by atoms with Crippen LogP contribution in [0.3, 0.4) is 0 Å². The molecule has 0 radical (unpaired) electrons. The first-order valence-corrected chi connectivity index (χ1v) is 8.72. The monoisotopic (exact) mass is 355 g/mol. The summed E-state index contributed by atoms with van der Waals surface area (Å²) in [5, 5.41) is 2.86. The van der Waals surface area contributed by atoms with Gasteiger partial charge in [0.1, 0.15) is 5.75 Å². The fourth-order valence-electron chi connectivity index (χ4n) is 2.58. The lowest BCUT2D eigenvalue weighted by molar-refractivity contribution is -0.121. The normalized spacial score (nSPS) is 10.4. The maximum Gasteiger partial charge on any atom is 0.220 e. The van der Waals surface area contributed by atoms with Gasteiger partial charge in [0.2, 0.25) is 5.91 Å². The smallest absolute Gasteiger partial charge is 0.220 e. The predicted octanol–water partition coefficient (Wildman–Crippen LogP) is 3.51. The Labute approximate surface area is 154 Å². The molecule has 0 saturated heterocycles. The molecule has 0 atom stereocenters. The van der Waals surface area contributed by atoms with E-state index in [0.717, 1.165) is 16.9 Å². The topological polar surface area (TPSA) is 64.6 Å². The van der Waals surface area contributed by atoms with Crippen LogP contribution in [0.25, 0.3) is 0 Å². The molecule has 0 bridgehead atoms. The molecule has 0 spiro atoms. The largest absolute Gasteiger partial charge is 0.494 e. The van der Waals surface area contributed by atoms with E-state index >= 15 is 0 Å². The zero-order valence-corrected chi connectivity index (χ0v) is 15.3. The zero-order chi connectivity index (χ0) is 18.8. The summed E-state index contributed by atoms with van der Waals surface area (Å²) in [4.78, 5) is 24.2. The fourth-order valence-corrected chi connectivity index (χ4v) is 2.58. The number of ketones is 1. The number of hydrogen-bond donors (Lipinski definition) is 1. The van der Waals surface area contributed by atoms with Gasteiger partial charge in [0.15, 0.2) is 5.78 Å². The second-order valence-corrected chi connectivity index (χ2v) is 5.86. The van der Waals surface area contributed by atoms with E-state index in [1.165, 1.54) is 0 Å². The van der Waals surface area contributed by atoms with E-state index in [2.05, 4.69) is 5.32 Å². The van der Waals surface area contributed by atoms with Gasteiger partial charge in [0, 0.05) is 32.1 Å². The van der Waals surface area contributed by atoms with Crippen molar-refractivity contribution in [3.8, 4) is 5.75 Å². The van der Waals surface area contributed by atoms with Gasteiger partial charge in [0.25, 0.3) is 0 Å². The van der Waals surface area contributed by atoms with Crippen molar-refractivity contribution in [1.29, 1.82) is 0 Å². The highest BCUT2D eigenvalue weighted by Gasteiger charge is 2.10. The quantitative estimate of drug-likeness (QED) is 0.663. The van der Waals surface area contributed by atoms with E-state index in [1.54, 1.807) is 31.4 Å². The Morgan fingerprint density at radius 1 is 0.962 bits per heavy atom. The molecular weight excluding hydrogens is 330 g/mol. The van der Waals surface area contributed by atoms with Crippen LogP contribution in [0.5, 0.6) is 5.75 Å². The van der Waals surface area contributed by atoms with Crippen LogP contribution < -0.4 is 10.1 Å². The lowest BCUT2D eigenvalue weighted by atomic mass is 10.1. The fraction of sp³-hybridized carbons (Fsp3) is 0.333. The number of Topliss-reactive ketones (excluding diaryl/α,β-unsaturated/α-hetero) is 1. The number of amides is 1. The number of hydrogen-bond acceptors (Lipinski definition) is 4. The SMILES string of the molecule is CCOc1ccc(C(=O)CCC(=O)NCc2ccccc2COC)cc1. The molecule has 2 rings (SSSR count). The number of rotatable bonds is 10. The highest BCUT2D eigenvalue weighted by atomic mass is 16.5. The first kappa shape index (κ1) is 19.7. The van der Waals surface area contributed by atoms with Gasteiger partial charge in [-0.15, -0.1) is 0 Å². The minimum Gasteiger partial charge on any atom is -0.494 e. The number of nitrogens with one attached hydrogen (secondary N) is 1. The summed E-state index contributed by atoms with van der Waals surface area (Å²) in [6.07, 6.45) is 0.345. The second kappa shape index (κ2) is 10.4. The van der Waals surface area contributed by atoms with Crippen LogP contribution in [-0.2, 0) is 22.7 Å². The molecule has 5 nitrogen and oxygen atoms in total. The number of ether oxygens (including phenoxy) is 2. The molecule has 0 fully saturated rings. The molecule has 2 aromatic carbocycles. The van der Waals surface area contributed by atoms with Crippen molar-refractivity contribution in [3.63, 3.8) is 0 Å². The summed E-state index contributed by atoms with van der Waals surface area (Å²) in [7, 11) is 1.64. The van der Waals surface area contributed by atoms with Crippen LogP contribution in [-0.4, -0.2) is 25.4 Å². The van der Waals surface area contributed by atoms with Gasteiger partial charge in [0.05, 0.1) is 13.2 Å². The third-order valence-corrected chi connectivity index (χ3v) is 3.96. The molecule has 1 amide bonds. The Balaban J connectivity index is 1.80. The third-order valence-electron chi connectivity index (χ3n) is 3.96. The molecule has 5 heteroatoms. The molecular formula is C21H25NO4. The lowest BCUT2D eigenvalue weighted by Crippen LogP contribution is -2.24. The van der Waals surface area contributed by atoms with E-state index in [1.807, 2.05) is 31.2 Å². The van der Waals surface area contributed by atoms with Crippen molar-refractivity contribution in [2.24, 2.45) is 0 Å². The molecule has 0 heterocycles. The molecule has 138 valence electrons. The van der Waals surface area contributed by atoms with Gasteiger partial charge in [-0.05, 0) is 42.3 Å². The first-order valence-electron chi connectivity index (χ1n) is 8.72. The summed E-state index contributed by atoms with van der Waals surface area (Å²) in [6, 6.07) is 14.8. The Kier molecular flexibility index (Phi) is 7.83. The molecule has 0 saturated carbocycles. The van der Waals surface area contributed by atoms with Gasteiger partial charge in [-0.25, -0.2) is 0 Å². The van der Waals surface area contributed by atoms with Crippen molar-refractivity contribution in [2.75, 3.05) is 13.7 Å². The van der Waals surface area contributed by atoms with Gasteiger partial charge >= 0.3 is 0 Å². The summed E-state index contributed by atoms with van der Waals surface area (Å²) in [5.41, 5.74) is 2.65. The van der Waals surface area contributed by atoms with Crippen molar-refractivity contribution in [1.82, 2.24) is 5.32 Å². The van der Waals surface area contributed by atoms with Gasteiger partial charge < -0.3 is 14.8 Å². The summed E-state index contributed by atoms with van der Waals surface area (Å²) in [6.45, 7) is 3.42. The zero-order valence-electron chi connectivity index (χ0n) is 15.3. The average molecular weight is 355 g/mol. The highest BCUT2D eigenvalue weighted by molar-refractivity contribution is 5.98. The maximum absolute atomic E-state index is 12.2. The van der Waals surface area contributed by atoms with Crippen LogP contribution in [0.1, 0.15) is 41.3 Å². The molecule has 1 N–H and O–H groups in total. The van der Waals surface area contributed by atoms with Crippen molar-refractivity contribution < 1.29 is 19.1 Å². The Hall–Kier alpha value is -2.66. The van der Waals surface area contributed by atoms with E-state index in [4.69, 9.17) is 9.47 Å². The third kappa shape index (κ3) is 6.01. The van der Waals surface area contributed by atoms with Crippen molar-refractivity contribution >= 4 is 11.7 Å². The predicted molar refractivity (Wildman–Crippen MR) is 100 cm³/mol. The van der Waals surface area contributed by atoms with Crippen LogP contribution >= 0.6 is 0 Å². The van der Waals surface area contributed by atoms with Crippen LogP contribution in [0.4, 0.5) is 0 Å². The molecule has 26 heavy (non-hydrogen) atoms. The number of benzene rings is 2. The van der Waals surface area contributed by atoms with Gasteiger partial charge in [-0.3, -0.25) is 9.59 Å². The van der Waals surface area contributed by atoms with E-state index in [-0.39, 0.29) is 24.5 Å². The molecule has 0 aliphatic heterocycles. The highest BCUT2D eigenvalue weighted by Crippen LogP contribution is 2.14. The van der Waals surface area contributed by atoms with E-state index in [9.17, 15) is 9.59 Å². The second-order valence-electron chi connectivity index (χ2n) is 5.86. The van der Waals surface area contributed by atoms with Gasteiger partial charge in [-0.2, -0.15) is 0 Å². The number of carbonyl (C=O) groups excluding carboxylic acids is 2. The molecule has 0 aliphatic carbocycles. The van der Waals surface area contributed by atoms with E-state index in [0.29, 0.717) is 25.3 Å². The number of carbonyl (C=O) groups is 2. The summed E-state index contributed by atoms with van der Waals surface area (Å²) in [5.74, 6) is 0.538. The molecule has 0 aliphatic rings. The average Bonchev–Trinajstić information content (AvgIpc) is 2.66. The maximum atomic E-state index is 12.2.